The smallest absolute Gasteiger partial charge is 0.226 e. The molecule has 0 saturated carbocycles. The lowest BCUT2D eigenvalue weighted by Gasteiger charge is -2.40. The van der Waals surface area contributed by atoms with Crippen molar-refractivity contribution in [2.45, 2.75) is 38.1 Å². The summed E-state index contributed by atoms with van der Waals surface area (Å²) in [5, 5.41) is 1.99. The first-order valence-corrected chi connectivity index (χ1v) is 10.8. The molecule has 148 valence electrons. The van der Waals surface area contributed by atoms with Crippen molar-refractivity contribution in [2.24, 2.45) is 5.92 Å². The number of allylic oxidation sites excluding steroid dienone is 2. The van der Waals surface area contributed by atoms with Crippen molar-refractivity contribution in [3.63, 3.8) is 0 Å². The molecule has 0 saturated heterocycles. The molecule has 29 heavy (non-hydrogen) atoms. The van der Waals surface area contributed by atoms with Crippen molar-refractivity contribution in [1.29, 1.82) is 0 Å². The van der Waals surface area contributed by atoms with Gasteiger partial charge in [0.1, 0.15) is 0 Å². The largest absolute Gasteiger partial charge is 0.356 e. The zero-order chi connectivity index (χ0) is 20.0. The SMILES string of the molecule is CC1c2[nH]c3ccccc3c2C(c2ccccc2Cl)CN1C(=O)C1CC=CCC1. The van der Waals surface area contributed by atoms with Crippen LogP contribution in [0, 0.1) is 5.92 Å². The molecule has 1 aromatic heterocycles. The van der Waals surface area contributed by atoms with E-state index >= 15 is 0 Å². The summed E-state index contributed by atoms with van der Waals surface area (Å²) in [5.74, 6) is 0.414. The van der Waals surface area contributed by atoms with Gasteiger partial charge in [-0.2, -0.15) is 0 Å². The molecule has 5 rings (SSSR count). The van der Waals surface area contributed by atoms with Crippen LogP contribution in [0.25, 0.3) is 10.9 Å². The molecule has 3 unspecified atom stereocenters. The van der Waals surface area contributed by atoms with Crippen LogP contribution in [-0.2, 0) is 4.79 Å². The minimum atomic E-state index is 0.0227. The van der Waals surface area contributed by atoms with Gasteiger partial charge in [-0.3, -0.25) is 4.79 Å². The highest BCUT2D eigenvalue weighted by atomic mass is 35.5. The Morgan fingerprint density at radius 2 is 1.90 bits per heavy atom. The second-order valence-corrected chi connectivity index (χ2v) is 8.63. The number of nitrogens with zero attached hydrogens (tertiary/aromatic N) is 1. The fourth-order valence-corrected chi connectivity index (χ4v) is 5.30. The molecule has 3 nitrogen and oxygen atoms in total. The maximum atomic E-state index is 13.5. The minimum Gasteiger partial charge on any atom is -0.356 e. The van der Waals surface area contributed by atoms with E-state index < -0.39 is 0 Å². The Hall–Kier alpha value is -2.52. The molecule has 2 aliphatic rings. The third-order valence-corrected chi connectivity index (χ3v) is 6.92. The number of carbonyl (C=O) groups excluding carboxylic acids is 1. The number of rotatable bonds is 2. The standard InChI is InChI=1S/C25H25ClN2O/c1-16-24-23(19-12-6-8-14-22(19)27-24)20(18-11-5-7-13-21(18)26)15-28(16)25(29)17-9-3-2-4-10-17/h2-3,5-8,11-14,16-17,20,27H,4,9-10,15H2,1H3. The normalized spacial score (nSPS) is 23.9. The number of H-pyrrole nitrogens is 1. The predicted molar refractivity (Wildman–Crippen MR) is 118 cm³/mol. The Bertz CT molecular complexity index is 1100. The predicted octanol–water partition coefficient (Wildman–Crippen LogP) is 6.21. The molecule has 1 amide bonds. The maximum absolute atomic E-state index is 13.5. The molecule has 0 spiro atoms. The molecule has 1 aliphatic carbocycles. The lowest BCUT2D eigenvalue weighted by atomic mass is 9.82. The van der Waals surface area contributed by atoms with Crippen molar-refractivity contribution >= 4 is 28.4 Å². The second-order valence-electron chi connectivity index (χ2n) is 8.22. The van der Waals surface area contributed by atoms with Crippen molar-refractivity contribution < 1.29 is 4.79 Å². The quantitative estimate of drug-likeness (QED) is 0.506. The number of hydrogen-bond donors (Lipinski definition) is 1. The molecule has 2 aromatic carbocycles. The summed E-state index contributed by atoms with van der Waals surface area (Å²) in [4.78, 5) is 19.2. The van der Waals surface area contributed by atoms with E-state index in [1.165, 1.54) is 10.9 Å². The number of aromatic nitrogens is 1. The molecular formula is C25H25ClN2O. The average molecular weight is 405 g/mol. The first kappa shape index (κ1) is 18.5. The van der Waals surface area contributed by atoms with E-state index in [1.807, 2.05) is 18.2 Å². The number of halogens is 1. The van der Waals surface area contributed by atoms with Crippen molar-refractivity contribution in [3.8, 4) is 0 Å². The zero-order valence-electron chi connectivity index (χ0n) is 16.6. The number of nitrogens with one attached hydrogen (secondary N) is 1. The highest BCUT2D eigenvalue weighted by Crippen LogP contribution is 2.45. The van der Waals surface area contributed by atoms with E-state index in [9.17, 15) is 4.79 Å². The molecule has 1 N–H and O–H groups in total. The molecular weight excluding hydrogens is 380 g/mol. The van der Waals surface area contributed by atoms with Crippen LogP contribution >= 0.6 is 11.6 Å². The number of carbonyl (C=O) groups is 1. The summed E-state index contributed by atoms with van der Waals surface area (Å²) in [5.41, 5.74) is 4.64. The number of hydrogen-bond acceptors (Lipinski definition) is 1. The van der Waals surface area contributed by atoms with Crippen LogP contribution in [-0.4, -0.2) is 22.3 Å². The lowest BCUT2D eigenvalue weighted by molar-refractivity contribution is -0.138. The topological polar surface area (TPSA) is 36.1 Å². The average Bonchev–Trinajstić information content (AvgIpc) is 3.15. The van der Waals surface area contributed by atoms with Crippen LogP contribution in [0.15, 0.2) is 60.7 Å². The van der Waals surface area contributed by atoms with Gasteiger partial charge >= 0.3 is 0 Å². The number of benzene rings is 2. The van der Waals surface area contributed by atoms with Gasteiger partial charge in [0.15, 0.2) is 0 Å². The van der Waals surface area contributed by atoms with E-state index in [1.54, 1.807) is 0 Å². The molecule has 4 heteroatoms. The summed E-state index contributed by atoms with van der Waals surface area (Å²) in [7, 11) is 0. The van der Waals surface area contributed by atoms with Crippen LogP contribution in [0.4, 0.5) is 0 Å². The van der Waals surface area contributed by atoms with Gasteiger partial charge in [-0.05, 0) is 49.4 Å². The van der Waals surface area contributed by atoms with Gasteiger partial charge < -0.3 is 9.88 Å². The summed E-state index contributed by atoms with van der Waals surface area (Å²) >= 11 is 6.63. The first-order chi connectivity index (χ1) is 14.1. The monoisotopic (exact) mass is 404 g/mol. The number of amides is 1. The third kappa shape index (κ3) is 3.08. The van der Waals surface area contributed by atoms with Gasteiger partial charge in [-0.25, -0.2) is 0 Å². The van der Waals surface area contributed by atoms with E-state index in [4.69, 9.17) is 11.6 Å². The number of fused-ring (bicyclic) bond motifs is 3. The maximum Gasteiger partial charge on any atom is 0.226 e. The van der Waals surface area contributed by atoms with E-state index in [-0.39, 0.29) is 23.8 Å². The van der Waals surface area contributed by atoms with Crippen LogP contribution in [0.2, 0.25) is 5.02 Å². The second kappa shape index (κ2) is 7.38. The van der Waals surface area contributed by atoms with Crippen molar-refractivity contribution in [1.82, 2.24) is 9.88 Å². The zero-order valence-corrected chi connectivity index (χ0v) is 17.3. The Kier molecular flexibility index (Phi) is 4.71. The van der Waals surface area contributed by atoms with E-state index in [2.05, 4.69) is 59.3 Å². The first-order valence-electron chi connectivity index (χ1n) is 10.5. The van der Waals surface area contributed by atoms with Crippen LogP contribution in [0.3, 0.4) is 0 Å². The van der Waals surface area contributed by atoms with E-state index in [0.717, 1.165) is 41.1 Å². The van der Waals surface area contributed by atoms with Gasteiger partial charge in [0.05, 0.1) is 6.04 Å². The number of para-hydroxylation sites is 1. The Balaban J connectivity index is 1.64. The third-order valence-electron chi connectivity index (χ3n) is 6.57. The molecule has 0 bridgehead atoms. The van der Waals surface area contributed by atoms with Gasteiger partial charge in [0, 0.05) is 40.0 Å². The van der Waals surface area contributed by atoms with Gasteiger partial charge in [-0.15, -0.1) is 0 Å². The Morgan fingerprint density at radius 3 is 2.69 bits per heavy atom. The fourth-order valence-electron chi connectivity index (χ4n) is 5.04. The highest BCUT2D eigenvalue weighted by molar-refractivity contribution is 6.31. The Morgan fingerprint density at radius 1 is 1.10 bits per heavy atom. The molecule has 3 atom stereocenters. The van der Waals surface area contributed by atoms with Gasteiger partial charge in [0.2, 0.25) is 5.91 Å². The summed E-state index contributed by atoms with van der Waals surface area (Å²) in [6.07, 6.45) is 7.11. The summed E-state index contributed by atoms with van der Waals surface area (Å²) < 4.78 is 0. The van der Waals surface area contributed by atoms with Crippen LogP contribution in [0.5, 0.6) is 0 Å². The minimum absolute atomic E-state index is 0.0227. The van der Waals surface area contributed by atoms with Crippen LogP contribution < -0.4 is 0 Å². The molecule has 3 aromatic rings. The van der Waals surface area contributed by atoms with Crippen LogP contribution in [0.1, 0.15) is 55.0 Å². The number of aromatic amines is 1. The van der Waals surface area contributed by atoms with Gasteiger partial charge in [0.25, 0.3) is 0 Å². The fraction of sp³-hybridized carbons (Fsp3) is 0.320. The summed E-state index contributed by atoms with van der Waals surface area (Å²) in [6.45, 7) is 2.81. The lowest BCUT2D eigenvalue weighted by Crippen LogP contribution is -2.44. The molecule has 0 fully saturated rings. The Labute approximate surface area is 176 Å². The van der Waals surface area contributed by atoms with Crippen molar-refractivity contribution in [3.05, 3.63) is 82.5 Å². The van der Waals surface area contributed by atoms with Gasteiger partial charge in [-0.1, -0.05) is 60.2 Å². The highest BCUT2D eigenvalue weighted by Gasteiger charge is 2.39. The summed E-state index contributed by atoms with van der Waals surface area (Å²) in [6, 6.07) is 16.5. The molecule has 2 heterocycles. The molecule has 1 aliphatic heterocycles. The van der Waals surface area contributed by atoms with E-state index in [0.29, 0.717) is 6.54 Å². The van der Waals surface area contributed by atoms with Crippen molar-refractivity contribution in [2.75, 3.05) is 6.54 Å². The molecule has 0 radical (unpaired) electrons.